The van der Waals surface area contributed by atoms with Gasteiger partial charge in [-0.2, -0.15) is 0 Å². The molecule has 0 aromatic heterocycles. The first-order valence-electron chi connectivity index (χ1n) is 5.37. The zero-order valence-electron chi connectivity index (χ0n) is 10.8. The Bertz CT molecular complexity index is 496. The number of ether oxygens (including phenoxy) is 2. The zero-order chi connectivity index (χ0) is 14.4. The van der Waals surface area contributed by atoms with E-state index in [0.29, 0.717) is 0 Å². The molecule has 0 N–H and O–H groups in total. The molecule has 102 valence electrons. The molecule has 0 amide bonds. The van der Waals surface area contributed by atoms with Crippen LogP contribution in [0.3, 0.4) is 0 Å². The molecule has 1 aromatic rings. The summed E-state index contributed by atoms with van der Waals surface area (Å²) in [7, 11) is 4.16. The predicted molar refractivity (Wildman–Crippen MR) is 74.7 cm³/mol. The fraction of sp³-hybridized carbons (Fsp3) is 0.231. The van der Waals surface area contributed by atoms with Gasteiger partial charge in [0.2, 0.25) is 0 Å². The van der Waals surface area contributed by atoms with E-state index in [1.54, 1.807) is 24.1 Å². The van der Waals surface area contributed by atoms with Gasteiger partial charge in [0.25, 0.3) is 0 Å². The second kappa shape index (κ2) is 6.94. The second-order valence-electron chi connectivity index (χ2n) is 3.58. The molecule has 0 heterocycles. The quantitative estimate of drug-likeness (QED) is 0.626. The lowest BCUT2D eigenvalue weighted by atomic mass is 10.2. The molecule has 0 saturated heterocycles. The minimum absolute atomic E-state index is 0.0941. The van der Waals surface area contributed by atoms with E-state index in [1.807, 2.05) is 12.1 Å². The highest BCUT2D eigenvalue weighted by molar-refractivity contribution is 9.10. The van der Waals surface area contributed by atoms with Crippen LogP contribution in [0.15, 0.2) is 40.5 Å². The van der Waals surface area contributed by atoms with E-state index in [9.17, 15) is 9.59 Å². The van der Waals surface area contributed by atoms with Crippen LogP contribution in [-0.4, -0.2) is 33.2 Å². The lowest BCUT2D eigenvalue weighted by molar-refractivity contribution is -0.138. The van der Waals surface area contributed by atoms with Crippen LogP contribution in [-0.2, 0) is 19.1 Å². The van der Waals surface area contributed by atoms with Gasteiger partial charge in [-0.25, -0.2) is 9.59 Å². The predicted octanol–water partition coefficient (Wildman–Crippen LogP) is 2.12. The number of rotatable bonds is 4. The fourth-order valence-electron chi connectivity index (χ4n) is 1.37. The molecular weight excluding hydrogens is 314 g/mol. The van der Waals surface area contributed by atoms with Gasteiger partial charge in [-0.15, -0.1) is 0 Å². The first-order valence-corrected chi connectivity index (χ1v) is 6.16. The van der Waals surface area contributed by atoms with E-state index in [0.717, 1.165) is 16.2 Å². The summed E-state index contributed by atoms with van der Waals surface area (Å²) in [5, 5.41) is 0. The molecule has 0 fully saturated rings. The van der Waals surface area contributed by atoms with Gasteiger partial charge in [0.15, 0.2) is 0 Å². The summed E-state index contributed by atoms with van der Waals surface area (Å²) in [5.74, 6) is -1.24. The first kappa shape index (κ1) is 15.2. The molecule has 1 rings (SSSR count). The number of nitrogens with zero attached hydrogens (tertiary/aromatic N) is 1. The average molecular weight is 328 g/mol. The molecule has 0 aliphatic heterocycles. The van der Waals surface area contributed by atoms with Crippen molar-refractivity contribution in [2.45, 2.75) is 0 Å². The fourth-order valence-corrected chi connectivity index (χ4v) is 1.64. The average Bonchev–Trinajstić information content (AvgIpc) is 2.43. The number of benzene rings is 1. The minimum atomic E-state index is -0.621. The maximum atomic E-state index is 11.7. The Morgan fingerprint density at radius 2 is 1.74 bits per heavy atom. The highest BCUT2D eigenvalue weighted by atomic mass is 79.9. The van der Waals surface area contributed by atoms with Crippen molar-refractivity contribution in [3.05, 3.63) is 40.5 Å². The normalized spacial score (nSPS) is 10.8. The van der Waals surface area contributed by atoms with Crippen molar-refractivity contribution < 1.29 is 19.1 Å². The van der Waals surface area contributed by atoms with Crippen LogP contribution in [0.4, 0.5) is 5.69 Å². The van der Waals surface area contributed by atoms with Gasteiger partial charge < -0.3 is 14.4 Å². The molecule has 0 aliphatic carbocycles. The summed E-state index contributed by atoms with van der Waals surface area (Å²) in [6.07, 6.45) is 1.09. The number of carbonyl (C=O) groups excluding carboxylic acids is 2. The van der Waals surface area contributed by atoms with Crippen molar-refractivity contribution in [1.82, 2.24) is 0 Å². The van der Waals surface area contributed by atoms with Crippen LogP contribution in [0.25, 0.3) is 0 Å². The Balaban J connectivity index is 3.10. The third-order valence-corrected chi connectivity index (χ3v) is 2.95. The Labute approximate surface area is 119 Å². The Morgan fingerprint density at radius 3 is 2.21 bits per heavy atom. The van der Waals surface area contributed by atoms with Crippen molar-refractivity contribution in [2.75, 3.05) is 26.2 Å². The Kier molecular flexibility index (Phi) is 5.57. The lowest BCUT2D eigenvalue weighted by Gasteiger charge is -2.20. The van der Waals surface area contributed by atoms with Crippen molar-refractivity contribution in [3.8, 4) is 0 Å². The highest BCUT2D eigenvalue weighted by Gasteiger charge is 2.18. The molecule has 19 heavy (non-hydrogen) atoms. The van der Waals surface area contributed by atoms with Crippen LogP contribution in [0.1, 0.15) is 0 Å². The number of likely N-dealkylation sites (N-methyl/N-ethyl adjacent to an activating group) is 1. The van der Waals surface area contributed by atoms with Crippen molar-refractivity contribution in [2.24, 2.45) is 0 Å². The molecule has 0 atom stereocenters. The number of halogens is 1. The third-order valence-electron chi connectivity index (χ3n) is 2.43. The summed E-state index contributed by atoms with van der Waals surface area (Å²) in [5.41, 5.74) is 0.834. The summed E-state index contributed by atoms with van der Waals surface area (Å²) >= 11 is 3.33. The van der Waals surface area contributed by atoms with Crippen LogP contribution in [0, 0.1) is 0 Å². The summed E-state index contributed by atoms with van der Waals surface area (Å²) in [4.78, 5) is 24.5. The van der Waals surface area contributed by atoms with E-state index < -0.39 is 11.9 Å². The monoisotopic (exact) mass is 327 g/mol. The number of esters is 2. The standard InChI is InChI=1S/C13H14BrNO4/c1-15(10-6-4-9(14)5-7-10)11(13(17)19-3)8-12(16)18-2/h4-8H,1-3H3/b11-8-. The molecule has 1 aromatic carbocycles. The smallest absolute Gasteiger partial charge is 0.354 e. The van der Waals surface area contributed by atoms with E-state index in [4.69, 9.17) is 0 Å². The zero-order valence-corrected chi connectivity index (χ0v) is 12.4. The first-order chi connectivity index (χ1) is 8.99. The topological polar surface area (TPSA) is 55.8 Å². The van der Waals surface area contributed by atoms with Gasteiger partial charge in [-0.05, 0) is 24.3 Å². The molecule has 6 heteroatoms. The van der Waals surface area contributed by atoms with Gasteiger partial charge in [0.1, 0.15) is 5.70 Å². The number of methoxy groups -OCH3 is 2. The SMILES string of the molecule is COC(=O)/C=C(/C(=O)OC)N(C)c1ccc(Br)cc1. The summed E-state index contributed by atoms with van der Waals surface area (Å²) < 4.78 is 10.1. The van der Waals surface area contributed by atoms with Gasteiger partial charge in [0, 0.05) is 17.2 Å². The maximum Gasteiger partial charge on any atom is 0.354 e. The minimum Gasteiger partial charge on any atom is -0.466 e. The van der Waals surface area contributed by atoms with Crippen molar-refractivity contribution in [3.63, 3.8) is 0 Å². The molecule has 0 radical (unpaired) electrons. The highest BCUT2D eigenvalue weighted by Crippen LogP contribution is 2.21. The molecular formula is C13H14BrNO4. The molecule has 0 unspecified atom stereocenters. The van der Waals surface area contributed by atoms with E-state index >= 15 is 0 Å². The van der Waals surface area contributed by atoms with Gasteiger partial charge in [-0.3, -0.25) is 0 Å². The van der Waals surface area contributed by atoms with Crippen LogP contribution >= 0.6 is 15.9 Å². The molecule has 0 saturated carbocycles. The van der Waals surface area contributed by atoms with Crippen LogP contribution in [0.5, 0.6) is 0 Å². The van der Waals surface area contributed by atoms with E-state index in [2.05, 4.69) is 25.4 Å². The van der Waals surface area contributed by atoms with Crippen molar-refractivity contribution >= 4 is 33.6 Å². The number of carbonyl (C=O) groups is 2. The summed E-state index contributed by atoms with van der Waals surface area (Å²) in [6.45, 7) is 0. The lowest BCUT2D eigenvalue weighted by Crippen LogP contribution is -2.25. The molecule has 0 spiro atoms. The Morgan fingerprint density at radius 1 is 1.16 bits per heavy atom. The van der Waals surface area contributed by atoms with Crippen LogP contribution in [0.2, 0.25) is 0 Å². The molecule has 0 aliphatic rings. The third kappa shape index (κ3) is 4.10. The maximum absolute atomic E-state index is 11.7. The van der Waals surface area contributed by atoms with E-state index in [-0.39, 0.29) is 5.70 Å². The largest absolute Gasteiger partial charge is 0.466 e. The molecule has 0 bridgehead atoms. The Hall–Kier alpha value is -1.82. The van der Waals surface area contributed by atoms with Crippen LogP contribution < -0.4 is 4.90 Å². The van der Waals surface area contributed by atoms with Crippen molar-refractivity contribution in [1.29, 1.82) is 0 Å². The summed E-state index contributed by atoms with van der Waals surface area (Å²) in [6, 6.07) is 7.27. The number of hydrogen-bond donors (Lipinski definition) is 0. The van der Waals surface area contributed by atoms with E-state index in [1.165, 1.54) is 14.2 Å². The number of hydrogen-bond acceptors (Lipinski definition) is 5. The molecule has 5 nitrogen and oxygen atoms in total. The van der Waals surface area contributed by atoms with Gasteiger partial charge in [-0.1, -0.05) is 15.9 Å². The second-order valence-corrected chi connectivity index (χ2v) is 4.50. The van der Waals surface area contributed by atoms with Gasteiger partial charge >= 0.3 is 11.9 Å². The number of anilines is 1. The van der Waals surface area contributed by atoms with Gasteiger partial charge in [0.05, 0.1) is 20.3 Å².